The Hall–Kier alpha value is -2.30. The molecule has 0 saturated carbocycles. The number of rotatable bonds is 6. The number of hydrogen-bond acceptors (Lipinski definition) is 4. The molecule has 0 atom stereocenters. The van der Waals surface area contributed by atoms with Crippen molar-refractivity contribution in [1.29, 1.82) is 0 Å². The van der Waals surface area contributed by atoms with Gasteiger partial charge < -0.3 is 15.8 Å². The van der Waals surface area contributed by atoms with Crippen LogP contribution in [0.1, 0.15) is 19.4 Å². The molecule has 0 radical (unpaired) electrons. The van der Waals surface area contributed by atoms with E-state index in [-0.39, 0.29) is 0 Å². The third kappa shape index (κ3) is 4.46. The largest absolute Gasteiger partial charge is 0.497 e. The number of aliphatic imine (C=N–C) groups is 1. The Kier molecular flexibility index (Phi) is 5.60. The molecule has 3 N–H and O–H groups in total. The van der Waals surface area contributed by atoms with E-state index in [1.807, 2.05) is 31.2 Å². The third-order valence-electron chi connectivity index (χ3n) is 2.62. The molecule has 0 saturated heterocycles. The Morgan fingerprint density at radius 1 is 1.37 bits per heavy atom. The maximum atomic E-state index is 10.5. The van der Waals surface area contributed by atoms with E-state index in [2.05, 4.69) is 10.3 Å². The summed E-state index contributed by atoms with van der Waals surface area (Å²) in [5.41, 5.74) is 8.53. The average Bonchev–Trinajstić information content (AvgIpc) is 2.42. The number of benzene rings is 1. The number of carbonyl (C=O) groups excluding carboxylic acids is 1. The van der Waals surface area contributed by atoms with Crippen LogP contribution in [0.3, 0.4) is 0 Å². The highest BCUT2D eigenvalue weighted by atomic mass is 16.5. The number of hydrogen-bond donors (Lipinski definition) is 2. The molecular weight excluding hydrogens is 242 g/mol. The van der Waals surface area contributed by atoms with Crippen LogP contribution in [0.15, 0.2) is 40.7 Å². The van der Waals surface area contributed by atoms with E-state index in [9.17, 15) is 4.79 Å². The number of allylic oxidation sites excluding steroid dienone is 2. The number of nitrogens with one attached hydrogen (secondary N) is 1. The van der Waals surface area contributed by atoms with E-state index in [0.29, 0.717) is 30.1 Å². The van der Waals surface area contributed by atoms with Crippen molar-refractivity contribution in [3.63, 3.8) is 0 Å². The minimum Gasteiger partial charge on any atom is -0.497 e. The molecule has 102 valence electrons. The molecule has 0 bridgehead atoms. The first-order valence-electron chi connectivity index (χ1n) is 5.89. The van der Waals surface area contributed by atoms with Gasteiger partial charge in [0.25, 0.3) is 0 Å². The summed E-state index contributed by atoms with van der Waals surface area (Å²) in [6.45, 7) is 4.05. The third-order valence-corrected chi connectivity index (χ3v) is 2.62. The zero-order valence-corrected chi connectivity index (χ0v) is 11.4. The number of methoxy groups -OCH3 is 1. The molecule has 0 fully saturated rings. The molecule has 0 unspecified atom stereocenters. The fourth-order valence-corrected chi connectivity index (χ4v) is 1.58. The van der Waals surface area contributed by atoms with Gasteiger partial charge in [-0.15, -0.1) is 0 Å². The molecular formula is C14H19N3O2. The van der Waals surface area contributed by atoms with Gasteiger partial charge in [0.1, 0.15) is 5.75 Å². The fourth-order valence-electron chi connectivity index (χ4n) is 1.58. The summed E-state index contributed by atoms with van der Waals surface area (Å²) in [5, 5.41) is 2.56. The number of ether oxygens (including phenoxy) is 1. The highest BCUT2D eigenvalue weighted by Crippen LogP contribution is 2.12. The first kappa shape index (κ1) is 14.8. The molecule has 5 heteroatoms. The standard InChI is InChI=1S/C14H19N3O2/c1-10(15)14(17-9-18)11(2)16-8-12-4-6-13(19-3)7-5-12/h4-7,9H,8,15H2,1-3H3,(H,17,18). The summed E-state index contributed by atoms with van der Waals surface area (Å²) in [4.78, 5) is 14.9. The summed E-state index contributed by atoms with van der Waals surface area (Å²) in [7, 11) is 1.63. The second kappa shape index (κ2) is 7.20. The summed E-state index contributed by atoms with van der Waals surface area (Å²) < 4.78 is 5.09. The molecule has 0 aliphatic heterocycles. The lowest BCUT2D eigenvalue weighted by atomic mass is 10.2. The first-order valence-corrected chi connectivity index (χ1v) is 5.89. The Bertz CT molecular complexity index is 486. The van der Waals surface area contributed by atoms with Crippen molar-refractivity contribution in [3.8, 4) is 5.75 Å². The highest BCUT2D eigenvalue weighted by Gasteiger charge is 2.03. The molecule has 5 nitrogen and oxygen atoms in total. The zero-order chi connectivity index (χ0) is 14.3. The van der Waals surface area contributed by atoms with E-state index in [0.717, 1.165) is 11.3 Å². The van der Waals surface area contributed by atoms with Crippen LogP contribution in [0, 0.1) is 0 Å². The molecule has 1 aromatic carbocycles. The summed E-state index contributed by atoms with van der Waals surface area (Å²) >= 11 is 0. The quantitative estimate of drug-likeness (QED) is 0.603. The maximum Gasteiger partial charge on any atom is 0.211 e. The van der Waals surface area contributed by atoms with Gasteiger partial charge in [0.05, 0.1) is 25.1 Å². The summed E-state index contributed by atoms with van der Waals surface area (Å²) in [6, 6.07) is 7.66. The van der Waals surface area contributed by atoms with E-state index in [1.54, 1.807) is 14.0 Å². The fraction of sp³-hybridized carbons (Fsp3) is 0.286. The van der Waals surface area contributed by atoms with Crippen LogP contribution >= 0.6 is 0 Å². The van der Waals surface area contributed by atoms with Crippen molar-refractivity contribution < 1.29 is 9.53 Å². The van der Waals surface area contributed by atoms with Crippen LogP contribution in [0.25, 0.3) is 0 Å². The van der Waals surface area contributed by atoms with Crippen molar-refractivity contribution in [3.05, 3.63) is 41.2 Å². The smallest absolute Gasteiger partial charge is 0.211 e. The molecule has 0 aliphatic carbocycles. The number of nitrogens with zero attached hydrogens (tertiary/aromatic N) is 1. The van der Waals surface area contributed by atoms with Crippen LogP contribution in [-0.4, -0.2) is 19.2 Å². The SMILES string of the molecule is COc1ccc(CN=C(C)C(NC=O)=C(C)N)cc1. The van der Waals surface area contributed by atoms with Crippen molar-refractivity contribution in [2.75, 3.05) is 7.11 Å². The maximum absolute atomic E-state index is 10.5. The van der Waals surface area contributed by atoms with Crippen LogP contribution < -0.4 is 15.8 Å². The van der Waals surface area contributed by atoms with E-state index in [4.69, 9.17) is 10.5 Å². The lowest BCUT2D eigenvalue weighted by Gasteiger charge is -2.08. The van der Waals surface area contributed by atoms with Gasteiger partial charge in [-0.1, -0.05) is 12.1 Å². The minimum atomic E-state index is 0.521. The van der Waals surface area contributed by atoms with Gasteiger partial charge in [-0.25, -0.2) is 0 Å². The lowest BCUT2D eigenvalue weighted by Crippen LogP contribution is -2.21. The first-order chi connectivity index (χ1) is 9.08. The van der Waals surface area contributed by atoms with Gasteiger partial charge >= 0.3 is 0 Å². The Morgan fingerprint density at radius 2 is 2.00 bits per heavy atom. The van der Waals surface area contributed by atoms with E-state index < -0.39 is 0 Å². The molecule has 1 rings (SSSR count). The Balaban J connectivity index is 2.79. The number of amides is 1. The molecule has 0 aliphatic rings. The van der Waals surface area contributed by atoms with Gasteiger partial charge in [-0.05, 0) is 31.5 Å². The molecule has 1 aromatic rings. The van der Waals surface area contributed by atoms with Gasteiger partial charge in [-0.3, -0.25) is 9.79 Å². The van der Waals surface area contributed by atoms with Crippen LogP contribution in [0.4, 0.5) is 0 Å². The molecule has 19 heavy (non-hydrogen) atoms. The van der Waals surface area contributed by atoms with Crippen molar-refractivity contribution in [1.82, 2.24) is 5.32 Å². The van der Waals surface area contributed by atoms with E-state index in [1.165, 1.54) is 0 Å². The zero-order valence-electron chi connectivity index (χ0n) is 11.4. The average molecular weight is 261 g/mol. The Labute approximate surface area is 113 Å². The lowest BCUT2D eigenvalue weighted by molar-refractivity contribution is -0.108. The van der Waals surface area contributed by atoms with Gasteiger partial charge in [-0.2, -0.15) is 0 Å². The van der Waals surface area contributed by atoms with Gasteiger partial charge in [0, 0.05) is 5.70 Å². The van der Waals surface area contributed by atoms with Crippen LogP contribution in [0.2, 0.25) is 0 Å². The summed E-state index contributed by atoms with van der Waals surface area (Å²) in [5.74, 6) is 0.811. The van der Waals surface area contributed by atoms with Gasteiger partial charge in [0.15, 0.2) is 0 Å². The Morgan fingerprint density at radius 3 is 2.47 bits per heavy atom. The summed E-state index contributed by atoms with van der Waals surface area (Å²) in [6.07, 6.45) is 0.595. The molecule has 0 heterocycles. The minimum absolute atomic E-state index is 0.521. The van der Waals surface area contributed by atoms with Gasteiger partial charge in [0.2, 0.25) is 6.41 Å². The molecule has 0 aromatic heterocycles. The normalized spacial score (nSPS) is 12.7. The highest BCUT2D eigenvalue weighted by molar-refractivity contribution is 5.99. The molecule has 0 spiro atoms. The number of nitrogens with two attached hydrogens (primary N) is 1. The predicted molar refractivity (Wildman–Crippen MR) is 75.9 cm³/mol. The van der Waals surface area contributed by atoms with E-state index >= 15 is 0 Å². The second-order valence-corrected chi connectivity index (χ2v) is 4.07. The van der Waals surface area contributed by atoms with Crippen molar-refractivity contribution in [2.24, 2.45) is 10.7 Å². The number of carbonyl (C=O) groups is 1. The molecule has 1 amide bonds. The van der Waals surface area contributed by atoms with Crippen molar-refractivity contribution in [2.45, 2.75) is 20.4 Å². The predicted octanol–water partition coefficient (Wildman–Crippen LogP) is 1.59. The van der Waals surface area contributed by atoms with Crippen LogP contribution in [0.5, 0.6) is 5.75 Å². The topological polar surface area (TPSA) is 76.7 Å². The van der Waals surface area contributed by atoms with Crippen molar-refractivity contribution >= 4 is 12.1 Å². The van der Waals surface area contributed by atoms with Crippen LogP contribution in [-0.2, 0) is 11.3 Å². The second-order valence-electron chi connectivity index (χ2n) is 4.07. The monoisotopic (exact) mass is 261 g/mol.